The lowest BCUT2D eigenvalue weighted by Gasteiger charge is -2.00. The maximum atomic E-state index is 12.0. The number of amides is 1. The lowest BCUT2D eigenvalue weighted by molar-refractivity contribution is 0.102. The smallest absolute Gasteiger partial charge is 0.277 e. The largest absolute Gasteiger partial charge is 0.296 e. The van der Waals surface area contributed by atoms with Crippen molar-refractivity contribution >= 4 is 38.3 Å². The Kier molecular flexibility index (Phi) is 4.03. The van der Waals surface area contributed by atoms with E-state index in [4.69, 9.17) is 0 Å². The molecule has 0 aliphatic heterocycles. The van der Waals surface area contributed by atoms with Crippen molar-refractivity contribution in [2.75, 3.05) is 5.32 Å². The van der Waals surface area contributed by atoms with Gasteiger partial charge in [0.15, 0.2) is 5.13 Å². The summed E-state index contributed by atoms with van der Waals surface area (Å²) >= 11 is 4.76. The van der Waals surface area contributed by atoms with Crippen LogP contribution in [0.1, 0.15) is 10.5 Å². The van der Waals surface area contributed by atoms with E-state index >= 15 is 0 Å². The number of nitrogens with zero attached hydrogens (tertiary/aromatic N) is 3. The Morgan fingerprint density at radius 1 is 1.19 bits per heavy atom. The molecule has 104 valence electrons. The number of hydrogen-bond acceptors (Lipinski definition) is 5. The average Bonchev–Trinajstić information content (AvgIpc) is 2.97. The van der Waals surface area contributed by atoms with Crippen molar-refractivity contribution in [2.24, 2.45) is 0 Å². The van der Waals surface area contributed by atoms with Crippen molar-refractivity contribution < 1.29 is 4.79 Å². The first-order valence-electron chi connectivity index (χ1n) is 6.01. The van der Waals surface area contributed by atoms with Gasteiger partial charge in [-0.05, 0) is 12.1 Å². The molecule has 5 nitrogen and oxygen atoms in total. The molecule has 0 saturated carbocycles. The van der Waals surface area contributed by atoms with Gasteiger partial charge in [0, 0.05) is 27.8 Å². The molecule has 7 heteroatoms. The molecule has 2 heterocycles. The van der Waals surface area contributed by atoms with Crippen LogP contribution >= 0.6 is 27.3 Å². The highest BCUT2D eigenvalue weighted by Crippen LogP contribution is 2.26. The second-order valence-electron chi connectivity index (χ2n) is 4.09. The van der Waals surface area contributed by atoms with E-state index in [9.17, 15) is 4.79 Å². The minimum Gasteiger partial charge on any atom is -0.296 e. The number of halogens is 1. The van der Waals surface area contributed by atoms with Gasteiger partial charge in [-0.1, -0.05) is 28.1 Å². The summed E-state index contributed by atoms with van der Waals surface area (Å²) in [7, 11) is 0. The molecule has 0 atom stereocenters. The van der Waals surface area contributed by atoms with Crippen molar-refractivity contribution in [3.05, 3.63) is 58.4 Å². The van der Waals surface area contributed by atoms with Crippen LogP contribution in [0.2, 0.25) is 0 Å². The number of nitrogens with one attached hydrogen (secondary N) is 1. The van der Waals surface area contributed by atoms with Crippen LogP contribution in [0.4, 0.5) is 5.13 Å². The highest BCUT2D eigenvalue weighted by molar-refractivity contribution is 9.10. The van der Waals surface area contributed by atoms with Gasteiger partial charge in [0.1, 0.15) is 5.69 Å². The maximum Gasteiger partial charge on any atom is 0.277 e. The third kappa shape index (κ3) is 3.32. The van der Waals surface area contributed by atoms with Crippen LogP contribution in [0, 0.1) is 0 Å². The fourth-order valence-electron chi connectivity index (χ4n) is 1.66. The SMILES string of the molecule is O=C(Nc1nc(-c2ccc(Br)cc2)cs1)c1cnccn1. The first-order chi connectivity index (χ1) is 10.2. The second kappa shape index (κ2) is 6.11. The van der Waals surface area contributed by atoms with E-state index < -0.39 is 0 Å². The molecule has 2 aromatic heterocycles. The third-order valence-corrected chi connectivity index (χ3v) is 3.95. The molecule has 0 fully saturated rings. The van der Waals surface area contributed by atoms with Gasteiger partial charge in [-0.3, -0.25) is 15.1 Å². The van der Waals surface area contributed by atoms with Gasteiger partial charge in [0.2, 0.25) is 0 Å². The number of hydrogen-bond donors (Lipinski definition) is 1. The monoisotopic (exact) mass is 360 g/mol. The summed E-state index contributed by atoms with van der Waals surface area (Å²) in [6.07, 6.45) is 4.41. The summed E-state index contributed by atoms with van der Waals surface area (Å²) in [5.41, 5.74) is 2.08. The Labute approximate surface area is 133 Å². The molecule has 21 heavy (non-hydrogen) atoms. The number of carbonyl (C=O) groups excluding carboxylic acids is 1. The number of rotatable bonds is 3. The van der Waals surface area contributed by atoms with Crippen LogP contribution in [0.5, 0.6) is 0 Å². The lowest BCUT2D eigenvalue weighted by atomic mass is 10.2. The molecule has 0 saturated heterocycles. The fraction of sp³-hybridized carbons (Fsp3) is 0. The Hall–Kier alpha value is -2.12. The van der Waals surface area contributed by atoms with Crippen molar-refractivity contribution in [2.45, 2.75) is 0 Å². The molecular weight excluding hydrogens is 352 g/mol. The first kappa shape index (κ1) is 13.8. The van der Waals surface area contributed by atoms with E-state index in [-0.39, 0.29) is 11.6 Å². The van der Waals surface area contributed by atoms with Crippen LogP contribution in [-0.2, 0) is 0 Å². The Balaban J connectivity index is 1.76. The maximum absolute atomic E-state index is 12.0. The topological polar surface area (TPSA) is 67.8 Å². The van der Waals surface area contributed by atoms with Crippen molar-refractivity contribution in [3.63, 3.8) is 0 Å². The van der Waals surface area contributed by atoms with Crippen molar-refractivity contribution in [1.82, 2.24) is 15.0 Å². The summed E-state index contributed by atoms with van der Waals surface area (Å²) in [6, 6.07) is 7.83. The van der Waals surface area contributed by atoms with E-state index in [1.54, 1.807) is 0 Å². The van der Waals surface area contributed by atoms with E-state index in [2.05, 4.69) is 36.2 Å². The highest BCUT2D eigenvalue weighted by Gasteiger charge is 2.10. The number of anilines is 1. The highest BCUT2D eigenvalue weighted by atomic mass is 79.9. The van der Waals surface area contributed by atoms with Crippen LogP contribution in [-0.4, -0.2) is 20.9 Å². The summed E-state index contributed by atoms with van der Waals surface area (Å²) in [6.45, 7) is 0. The zero-order valence-electron chi connectivity index (χ0n) is 10.7. The molecule has 1 amide bonds. The van der Waals surface area contributed by atoms with Gasteiger partial charge in [-0.2, -0.15) is 0 Å². The predicted octanol–water partition coefficient (Wildman–Crippen LogP) is 3.61. The summed E-state index contributed by atoms with van der Waals surface area (Å²) in [4.78, 5) is 24.2. The third-order valence-electron chi connectivity index (χ3n) is 2.66. The molecule has 0 aliphatic carbocycles. The van der Waals surface area contributed by atoms with Gasteiger partial charge >= 0.3 is 0 Å². The Morgan fingerprint density at radius 3 is 2.71 bits per heavy atom. The van der Waals surface area contributed by atoms with Crippen LogP contribution in [0.25, 0.3) is 11.3 Å². The zero-order chi connectivity index (χ0) is 14.7. The molecule has 0 aliphatic rings. The number of thiazole rings is 1. The first-order valence-corrected chi connectivity index (χ1v) is 7.68. The van der Waals surface area contributed by atoms with Gasteiger partial charge in [-0.25, -0.2) is 9.97 Å². The Morgan fingerprint density at radius 2 is 2.00 bits per heavy atom. The van der Waals surface area contributed by atoms with Gasteiger partial charge < -0.3 is 0 Å². The number of carbonyl (C=O) groups is 1. The summed E-state index contributed by atoms with van der Waals surface area (Å²) in [5.74, 6) is -0.320. The van der Waals surface area contributed by atoms with Crippen LogP contribution in [0.3, 0.4) is 0 Å². The predicted molar refractivity (Wildman–Crippen MR) is 85.2 cm³/mol. The minimum atomic E-state index is -0.320. The molecule has 1 N–H and O–H groups in total. The normalized spacial score (nSPS) is 10.3. The molecule has 3 aromatic rings. The van der Waals surface area contributed by atoms with E-state index in [0.717, 1.165) is 15.7 Å². The lowest BCUT2D eigenvalue weighted by Crippen LogP contribution is -2.13. The quantitative estimate of drug-likeness (QED) is 0.774. The minimum absolute atomic E-state index is 0.262. The van der Waals surface area contributed by atoms with E-state index in [1.807, 2.05) is 29.6 Å². The van der Waals surface area contributed by atoms with Crippen LogP contribution < -0.4 is 5.32 Å². The fourth-order valence-corrected chi connectivity index (χ4v) is 2.64. The zero-order valence-corrected chi connectivity index (χ0v) is 13.1. The number of aromatic nitrogens is 3. The molecule has 3 rings (SSSR count). The van der Waals surface area contributed by atoms with Gasteiger partial charge in [0.05, 0.1) is 11.9 Å². The molecular formula is C14H9BrN4OS. The molecule has 0 spiro atoms. The average molecular weight is 361 g/mol. The standard InChI is InChI=1S/C14H9BrN4OS/c15-10-3-1-9(2-4-10)12-8-21-14(18-12)19-13(20)11-7-16-5-6-17-11/h1-8H,(H,18,19,20). The molecule has 0 unspecified atom stereocenters. The Bertz CT molecular complexity index is 758. The van der Waals surface area contributed by atoms with E-state index in [0.29, 0.717) is 5.13 Å². The van der Waals surface area contributed by atoms with E-state index in [1.165, 1.54) is 29.9 Å². The van der Waals surface area contributed by atoms with Crippen molar-refractivity contribution in [1.29, 1.82) is 0 Å². The summed E-state index contributed by atoms with van der Waals surface area (Å²) < 4.78 is 1.01. The second-order valence-corrected chi connectivity index (χ2v) is 5.86. The van der Waals surface area contributed by atoms with Gasteiger partial charge in [-0.15, -0.1) is 11.3 Å². The van der Waals surface area contributed by atoms with Crippen molar-refractivity contribution in [3.8, 4) is 11.3 Å². The molecule has 0 bridgehead atoms. The summed E-state index contributed by atoms with van der Waals surface area (Å²) in [5, 5.41) is 5.15. The van der Waals surface area contributed by atoms with Crippen LogP contribution in [0.15, 0.2) is 52.7 Å². The van der Waals surface area contributed by atoms with Gasteiger partial charge in [0.25, 0.3) is 5.91 Å². The number of benzene rings is 1. The molecule has 1 aromatic carbocycles. The molecule has 0 radical (unpaired) electrons.